The highest BCUT2D eigenvalue weighted by molar-refractivity contribution is 6.02. The van der Waals surface area contributed by atoms with Gasteiger partial charge in [-0.25, -0.2) is 15.0 Å². The minimum absolute atomic E-state index is 0.494. The summed E-state index contributed by atoms with van der Waals surface area (Å²) in [6.07, 6.45) is 0. The Labute approximate surface area is 389 Å². The van der Waals surface area contributed by atoms with E-state index in [1.807, 2.05) is 0 Å². The summed E-state index contributed by atoms with van der Waals surface area (Å²) in [7, 11) is 0. The summed E-state index contributed by atoms with van der Waals surface area (Å²) in [5.74, 6) is 1.91. The smallest absolute Gasteiger partial charge is 0.164 e. The van der Waals surface area contributed by atoms with Crippen LogP contribution in [0.3, 0.4) is 0 Å². The molecule has 12 aromatic rings. The molecule has 0 saturated carbocycles. The van der Waals surface area contributed by atoms with Crippen LogP contribution in [-0.2, 0) is 5.41 Å². The Bertz CT molecular complexity index is 3740. The van der Waals surface area contributed by atoms with Crippen molar-refractivity contribution in [3.8, 4) is 67.5 Å². The Hall–Kier alpha value is -8.79. The first kappa shape index (κ1) is 38.6. The van der Waals surface area contributed by atoms with Crippen LogP contribution in [0.1, 0.15) is 22.3 Å². The summed E-state index contributed by atoms with van der Waals surface area (Å²) in [6.45, 7) is 0. The summed E-state index contributed by atoms with van der Waals surface area (Å²) in [5.41, 5.74) is 14.6. The number of hydrogen-bond donors (Lipinski definition) is 0. The SMILES string of the molecule is c1ccc(C2(c3ccccc3)c3ccccc3-c3ccc4ccc(-c5cccc(-c6cccc(-c7nc(-c8ccc9ccccc9c8)nc(-c8ccc9ccccc9c8)n7)c6)c5)cc4c32)cc1. The Morgan fingerprint density at radius 1 is 0.254 bits per heavy atom. The zero-order chi connectivity index (χ0) is 44.3. The third-order valence-corrected chi connectivity index (χ3v) is 13.7. The zero-order valence-electron chi connectivity index (χ0n) is 36.5. The van der Waals surface area contributed by atoms with Crippen LogP contribution in [0.4, 0.5) is 0 Å². The highest BCUT2D eigenvalue weighted by Gasteiger charge is 2.47. The normalized spacial score (nSPS) is 12.6. The van der Waals surface area contributed by atoms with Crippen LogP contribution < -0.4 is 0 Å². The molecule has 1 aliphatic carbocycles. The number of nitrogens with zero attached hydrogens (tertiary/aromatic N) is 3. The van der Waals surface area contributed by atoms with E-state index < -0.39 is 5.41 Å². The number of aromatic nitrogens is 3. The largest absolute Gasteiger partial charge is 0.208 e. The van der Waals surface area contributed by atoms with Crippen molar-refractivity contribution in [3.63, 3.8) is 0 Å². The average molecular weight is 852 g/mol. The predicted octanol–water partition coefficient (Wildman–Crippen LogP) is 16.0. The topological polar surface area (TPSA) is 38.7 Å². The molecule has 11 aromatic carbocycles. The minimum Gasteiger partial charge on any atom is -0.208 e. The predicted molar refractivity (Wildman–Crippen MR) is 277 cm³/mol. The summed E-state index contributed by atoms with van der Waals surface area (Å²) in [6, 6.07) is 89.8. The molecule has 0 aliphatic heterocycles. The van der Waals surface area contributed by atoms with Gasteiger partial charge < -0.3 is 0 Å². The molecule has 13 rings (SSSR count). The average Bonchev–Trinajstić information content (AvgIpc) is 3.72. The Balaban J connectivity index is 0.932. The molecule has 0 spiro atoms. The summed E-state index contributed by atoms with van der Waals surface area (Å²) in [4.78, 5) is 15.5. The van der Waals surface area contributed by atoms with E-state index in [1.54, 1.807) is 0 Å². The first-order chi connectivity index (χ1) is 33.2. The first-order valence-corrected chi connectivity index (χ1v) is 22.9. The van der Waals surface area contributed by atoms with Gasteiger partial charge in [0.25, 0.3) is 0 Å². The van der Waals surface area contributed by atoms with Crippen LogP contribution in [0.15, 0.2) is 249 Å². The van der Waals surface area contributed by atoms with E-state index in [0.29, 0.717) is 17.5 Å². The number of rotatable bonds is 7. The fourth-order valence-corrected chi connectivity index (χ4v) is 10.6. The molecule has 0 atom stereocenters. The third kappa shape index (κ3) is 6.47. The number of hydrogen-bond acceptors (Lipinski definition) is 3. The summed E-state index contributed by atoms with van der Waals surface area (Å²) in [5, 5.41) is 7.11. The van der Waals surface area contributed by atoms with Crippen molar-refractivity contribution in [2.45, 2.75) is 5.41 Å². The quantitative estimate of drug-likeness (QED) is 0.160. The minimum atomic E-state index is -0.494. The van der Waals surface area contributed by atoms with Gasteiger partial charge in [0.1, 0.15) is 0 Å². The van der Waals surface area contributed by atoms with Gasteiger partial charge in [0, 0.05) is 16.7 Å². The van der Waals surface area contributed by atoms with Crippen molar-refractivity contribution in [1.29, 1.82) is 0 Å². The maximum Gasteiger partial charge on any atom is 0.164 e. The lowest BCUT2D eigenvalue weighted by molar-refractivity contribution is 0.775. The highest BCUT2D eigenvalue weighted by atomic mass is 15.0. The summed E-state index contributed by atoms with van der Waals surface area (Å²) >= 11 is 0. The lowest BCUT2D eigenvalue weighted by atomic mass is 9.66. The van der Waals surface area contributed by atoms with Crippen LogP contribution in [-0.4, -0.2) is 15.0 Å². The lowest BCUT2D eigenvalue weighted by Crippen LogP contribution is -2.28. The third-order valence-electron chi connectivity index (χ3n) is 13.7. The van der Waals surface area contributed by atoms with Crippen molar-refractivity contribution in [2.75, 3.05) is 0 Å². The maximum atomic E-state index is 5.17. The van der Waals surface area contributed by atoms with E-state index in [1.165, 1.54) is 60.5 Å². The Morgan fingerprint density at radius 2 is 0.672 bits per heavy atom. The Morgan fingerprint density at radius 3 is 1.25 bits per heavy atom. The molecule has 0 bridgehead atoms. The Kier molecular flexibility index (Phi) is 9.07. The fourth-order valence-electron chi connectivity index (χ4n) is 10.6. The molecule has 0 saturated heterocycles. The van der Waals surface area contributed by atoms with E-state index in [-0.39, 0.29) is 0 Å². The second-order valence-corrected chi connectivity index (χ2v) is 17.5. The molecule has 3 nitrogen and oxygen atoms in total. The van der Waals surface area contributed by atoms with E-state index >= 15 is 0 Å². The van der Waals surface area contributed by atoms with Crippen LogP contribution in [0.25, 0.3) is 99.9 Å². The van der Waals surface area contributed by atoms with E-state index in [0.717, 1.165) is 44.2 Å². The molecular formula is C64H41N3. The number of benzene rings is 11. The van der Waals surface area contributed by atoms with Gasteiger partial charge in [0.05, 0.1) is 5.41 Å². The van der Waals surface area contributed by atoms with Gasteiger partial charge in [-0.3, -0.25) is 0 Å². The first-order valence-electron chi connectivity index (χ1n) is 22.9. The second kappa shape index (κ2) is 15.7. The van der Waals surface area contributed by atoms with Crippen molar-refractivity contribution in [2.24, 2.45) is 0 Å². The molecule has 0 unspecified atom stereocenters. The van der Waals surface area contributed by atoms with E-state index in [2.05, 4.69) is 249 Å². The van der Waals surface area contributed by atoms with Gasteiger partial charge in [0.2, 0.25) is 0 Å². The molecule has 1 aromatic heterocycles. The van der Waals surface area contributed by atoms with Gasteiger partial charge in [0.15, 0.2) is 17.5 Å². The van der Waals surface area contributed by atoms with Gasteiger partial charge >= 0.3 is 0 Å². The van der Waals surface area contributed by atoms with Gasteiger partial charge in [-0.05, 0) is 118 Å². The summed E-state index contributed by atoms with van der Waals surface area (Å²) < 4.78 is 0. The molecular weight excluding hydrogens is 811 g/mol. The molecule has 312 valence electrons. The van der Waals surface area contributed by atoms with E-state index in [9.17, 15) is 0 Å². The monoisotopic (exact) mass is 851 g/mol. The second-order valence-electron chi connectivity index (χ2n) is 17.5. The lowest BCUT2D eigenvalue weighted by Gasteiger charge is -2.34. The van der Waals surface area contributed by atoms with Crippen LogP contribution in [0.2, 0.25) is 0 Å². The van der Waals surface area contributed by atoms with Crippen molar-refractivity contribution in [3.05, 3.63) is 271 Å². The highest BCUT2D eigenvalue weighted by Crippen LogP contribution is 2.58. The maximum absolute atomic E-state index is 5.17. The van der Waals surface area contributed by atoms with Crippen molar-refractivity contribution in [1.82, 2.24) is 15.0 Å². The molecule has 67 heavy (non-hydrogen) atoms. The van der Waals surface area contributed by atoms with Gasteiger partial charge in [-0.2, -0.15) is 0 Å². The molecule has 3 heteroatoms. The molecule has 1 heterocycles. The fraction of sp³-hybridized carbons (Fsp3) is 0.0156. The molecule has 0 N–H and O–H groups in total. The van der Waals surface area contributed by atoms with Crippen LogP contribution in [0, 0.1) is 0 Å². The molecule has 1 aliphatic rings. The van der Waals surface area contributed by atoms with Gasteiger partial charge in [-0.15, -0.1) is 0 Å². The molecule has 0 amide bonds. The van der Waals surface area contributed by atoms with Crippen LogP contribution >= 0.6 is 0 Å². The zero-order valence-corrected chi connectivity index (χ0v) is 36.5. The van der Waals surface area contributed by atoms with E-state index in [4.69, 9.17) is 15.0 Å². The van der Waals surface area contributed by atoms with Crippen LogP contribution in [0.5, 0.6) is 0 Å². The number of fused-ring (bicyclic) bond motifs is 7. The standard InChI is InChI=1S/C64H41N3/c1-3-23-54(24-4-1)64(55-25-5-2-6-26-55)59-28-12-11-27-56(59)57-36-35-44-31-32-50(41-58(44)60(57)64)48-20-13-19-47(37-48)49-21-14-22-51(40-49)61-65-62(52-33-29-42-15-7-9-17-45(42)38-52)67-63(66-61)53-34-30-43-16-8-10-18-46(43)39-53/h1-41H. The van der Waals surface area contributed by atoms with Crippen molar-refractivity contribution < 1.29 is 0 Å². The van der Waals surface area contributed by atoms with Crippen molar-refractivity contribution >= 4 is 32.3 Å². The van der Waals surface area contributed by atoms with Gasteiger partial charge in [-0.1, -0.05) is 218 Å². The molecule has 0 fully saturated rings. The molecule has 0 radical (unpaired) electrons.